The van der Waals surface area contributed by atoms with Crippen LogP contribution in [0.15, 0.2) is 95.8 Å². The molecule has 1 atom stereocenters. The van der Waals surface area contributed by atoms with Crippen LogP contribution in [0.1, 0.15) is 25.0 Å². The van der Waals surface area contributed by atoms with Gasteiger partial charge in [0.05, 0.1) is 10.8 Å². The summed E-state index contributed by atoms with van der Waals surface area (Å²) in [6.07, 6.45) is 1.87. The van der Waals surface area contributed by atoms with Gasteiger partial charge in [0.2, 0.25) is 5.43 Å². The Balaban J connectivity index is 0.000000426. The number of aryl methyl sites for hydroxylation is 2. The fourth-order valence-electron chi connectivity index (χ4n) is 4.38. The van der Waals surface area contributed by atoms with Crippen molar-refractivity contribution >= 4 is 38.5 Å². The SMILES string of the molecule is CCc1cc(CC)c2c(c1)c(=O)c1ccccc1[s+]2-c1ccc(-c2ccccc2)cc1.F[P-](F)(F)(F)(F)F. The Labute approximate surface area is 218 Å². The van der Waals surface area contributed by atoms with Gasteiger partial charge in [-0.15, -0.1) is 0 Å². The standard InChI is InChI=1S/C29H25OS.F6P/c1-3-20-18-21(4-2)29-26(19-20)28(30)25-12-8-9-13-27(25)31(29)24-16-14-23(15-17-24)22-10-6-5-7-11-22;1-7(2,3,4,5)6/h5-19H,3-4H2,1-2H3;/q+1;-1. The van der Waals surface area contributed by atoms with Crippen molar-refractivity contribution in [2.75, 3.05) is 0 Å². The summed E-state index contributed by atoms with van der Waals surface area (Å²) in [5.41, 5.74) is 5.14. The van der Waals surface area contributed by atoms with Gasteiger partial charge in [0.25, 0.3) is 0 Å². The molecule has 0 aliphatic heterocycles. The molecule has 1 heterocycles. The number of halogens is 6. The summed E-state index contributed by atoms with van der Waals surface area (Å²) in [6.45, 7) is 4.35. The summed E-state index contributed by atoms with van der Waals surface area (Å²) < 4.78 is 61.6. The number of benzene rings is 4. The van der Waals surface area contributed by atoms with E-state index in [0.29, 0.717) is 0 Å². The van der Waals surface area contributed by atoms with E-state index in [1.165, 1.54) is 31.8 Å². The van der Waals surface area contributed by atoms with Crippen LogP contribution >= 0.6 is 18.3 Å². The van der Waals surface area contributed by atoms with Crippen LogP contribution in [0.4, 0.5) is 25.2 Å². The molecule has 0 radical (unpaired) electrons. The first-order valence-electron chi connectivity index (χ1n) is 11.9. The number of hydrogen-bond donors (Lipinski definition) is 0. The van der Waals surface area contributed by atoms with E-state index in [1.54, 1.807) is 0 Å². The molecular formula is C29H25F6OPS. The van der Waals surface area contributed by atoms with Crippen molar-refractivity contribution in [1.82, 2.24) is 0 Å². The molecule has 0 aliphatic rings. The molecule has 1 nitrogen and oxygen atoms in total. The summed E-state index contributed by atoms with van der Waals surface area (Å²) in [6, 6.07) is 32.0. The molecule has 0 amide bonds. The van der Waals surface area contributed by atoms with Crippen molar-refractivity contribution in [2.45, 2.75) is 26.7 Å². The molecule has 9 heteroatoms. The Bertz CT molecular complexity index is 1670. The number of fused-ring (bicyclic) bond motifs is 2. The van der Waals surface area contributed by atoms with Gasteiger partial charge in [0.1, 0.15) is 0 Å². The van der Waals surface area contributed by atoms with Gasteiger partial charge >= 0.3 is 33.0 Å². The molecule has 200 valence electrons. The minimum atomic E-state index is -10.7. The molecule has 1 aromatic heterocycles. The summed E-state index contributed by atoms with van der Waals surface area (Å²) in [5.74, 6) is 0. The molecular weight excluding hydrogens is 541 g/mol. The van der Waals surface area contributed by atoms with Crippen molar-refractivity contribution < 1.29 is 25.2 Å². The Kier molecular flexibility index (Phi) is 6.96. The molecule has 0 spiro atoms. The monoisotopic (exact) mass is 566 g/mol. The van der Waals surface area contributed by atoms with Crippen LogP contribution in [0, 0.1) is 0 Å². The van der Waals surface area contributed by atoms with E-state index in [4.69, 9.17) is 0 Å². The number of rotatable bonds is 4. The molecule has 0 N–H and O–H groups in total. The van der Waals surface area contributed by atoms with Crippen LogP contribution in [0.5, 0.6) is 0 Å². The van der Waals surface area contributed by atoms with Crippen molar-refractivity contribution in [3.05, 3.63) is 112 Å². The fraction of sp³-hybridized carbons (Fsp3) is 0.138. The zero-order valence-corrected chi connectivity index (χ0v) is 22.3. The zero-order valence-electron chi connectivity index (χ0n) is 20.6. The predicted molar refractivity (Wildman–Crippen MR) is 149 cm³/mol. The Morgan fingerprint density at radius 2 is 1.21 bits per heavy atom. The third-order valence-electron chi connectivity index (χ3n) is 6.01. The van der Waals surface area contributed by atoms with E-state index >= 15 is 0 Å². The zero-order chi connectivity index (χ0) is 27.8. The van der Waals surface area contributed by atoms with E-state index < -0.39 is 7.81 Å². The molecule has 0 saturated heterocycles. The molecule has 0 bridgehead atoms. The second-order valence-electron chi connectivity index (χ2n) is 8.82. The van der Waals surface area contributed by atoms with Crippen LogP contribution in [0.3, 0.4) is 0 Å². The first kappa shape index (κ1) is 27.8. The van der Waals surface area contributed by atoms with E-state index in [1.807, 2.05) is 18.2 Å². The van der Waals surface area contributed by atoms with E-state index in [0.717, 1.165) is 28.3 Å². The van der Waals surface area contributed by atoms with Gasteiger partial charge < -0.3 is 0 Å². The van der Waals surface area contributed by atoms with Crippen molar-refractivity contribution in [2.24, 2.45) is 0 Å². The first-order valence-corrected chi connectivity index (χ1v) is 15.2. The average molecular weight is 567 g/mol. The third kappa shape index (κ3) is 6.80. The van der Waals surface area contributed by atoms with Gasteiger partial charge in [0, 0.05) is 16.0 Å². The maximum absolute atomic E-state index is 13.5. The summed E-state index contributed by atoms with van der Waals surface area (Å²) in [5, 5.41) is 1.74. The molecule has 0 saturated carbocycles. The van der Waals surface area contributed by atoms with Gasteiger partial charge in [-0.2, -0.15) is 0 Å². The van der Waals surface area contributed by atoms with Crippen LogP contribution in [-0.2, 0) is 12.8 Å². The van der Waals surface area contributed by atoms with Gasteiger partial charge in [-0.3, -0.25) is 4.79 Å². The Hall–Kier alpha value is -3.22. The minimum absolute atomic E-state index is 0.167. The van der Waals surface area contributed by atoms with Gasteiger partial charge in [0.15, 0.2) is 14.3 Å². The molecule has 4 aromatic carbocycles. The predicted octanol–water partition coefficient (Wildman–Crippen LogP) is 11.3. The van der Waals surface area contributed by atoms with Crippen LogP contribution in [0.2, 0.25) is 0 Å². The second-order valence-corrected chi connectivity index (χ2v) is 12.7. The van der Waals surface area contributed by atoms with Gasteiger partial charge in [-0.1, -0.05) is 62.4 Å². The number of hydrogen-bond acceptors (Lipinski definition) is 1. The Morgan fingerprint density at radius 3 is 1.79 bits per heavy atom. The topological polar surface area (TPSA) is 17.1 Å². The fourth-order valence-corrected chi connectivity index (χ4v) is 6.93. The van der Waals surface area contributed by atoms with Crippen LogP contribution < -0.4 is 5.43 Å². The summed E-state index contributed by atoms with van der Waals surface area (Å²) in [7, 11) is -10.9. The molecule has 1 unspecified atom stereocenters. The van der Waals surface area contributed by atoms with Crippen molar-refractivity contribution in [3.63, 3.8) is 0 Å². The van der Waals surface area contributed by atoms with E-state index in [2.05, 4.69) is 86.6 Å². The average Bonchev–Trinajstić information content (AvgIpc) is 2.87. The van der Waals surface area contributed by atoms with E-state index in [-0.39, 0.29) is 15.9 Å². The molecule has 38 heavy (non-hydrogen) atoms. The first-order chi connectivity index (χ1) is 17.7. The van der Waals surface area contributed by atoms with Crippen molar-refractivity contribution in [1.29, 1.82) is 0 Å². The summed E-state index contributed by atoms with van der Waals surface area (Å²) >= 11 is 0. The normalized spacial score (nSPS) is 13.9. The third-order valence-corrected chi connectivity index (χ3v) is 8.44. The van der Waals surface area contributed by atoms with Crippen LogP contribution in [-0.4, -0.2) is 0 Å². The van der Waals surface area contributed by atoms with Crippen LogP contribution in [0.25, 0.3) is 36.2 Å². The summed E-state index contributed by atoms with van der Waals surface area (Å²) in [4.78, 5) is 14.7. The molecule has 5 aromatic rings. The second kappa shape index (κ2) is 9.51. The van der Waals surface area contributed by atoms with Gasteiger partial charge in [-0.25, -0.2) is 0 Å². The maximum atomic E-state index is 13.5. The molecule has 0 fully saturated rings. The Morgan fingerprint density at radius 1 is 0.658 bits per heavy atom. The molecule has 5 rings (SSSR count). The van der Waals surface area contributed by atoms with Gasteiger partial charge in [-0.05, 0) is 72.0 Å². The van der Waals surface area contributed by atoms with E-state index in [9.17, 15) is 30.0 Å². The molecule has 0 aliphatic carbocycles. The van der Waals surface area contributed by atoms with Crippen molar-refractivity contribution in [3.8, 4) is 16.0 Å². The quantitative estimate of drug-likeness (QED) is 0.0915.